The summed E-state index contributed by atoms with van der Waals surface area (Å²) in [6.07, 6.45) is -3.84. The molecule has 0 atom stereocenters. The van der Waals surface area contributed by atoms with Crippen LogP contribution >= 0.6 is 12.2 Å². The Morgan fingerprint density at radius 2 is 1.93 bits per heavy atom. The van der Waals surface area contributed by atoms with Gasteiger partial charge in [0.2, 0.25) is 0 Å². The van der Waals surface area contributed by atoms with Crippen LogP contribution in [0.15, 0.2) is 24.3 Å². The third kappa shape index (κ3) is 3.20. The third-order valence-electron chi connectivity index (χ3n) is 1.83. The number of benzene rings is 1. The quantitative estimate of drug-likeness (QED) is 0.778. The summed E-state index contributed by atoms with van der Waals surface area (Å²) in [6.45, 7) is 1.78. The van der Waals surface area contributed by atoms with Gasteiger partial charge in [-0.1, -0.05) is 31.3 Å². The minimum Gasteiger partial charge on any atom is -0.350 e. The van der Waals surface area contributed by atoms with Gasteiger partial charge in [0, 0.05) is 0 Å². The van der Waals surface area contributed by atoms with Gasteiger partial charge in [-0.05, 0) is 18.6 Å². The SMILES string of the molecule is CCC(=S)Nc1ccccc1C(F)(F)F. The van der Waals surface area contributed by atoms with E-state index in [0.29, 0.717) is 11.4 Å². The molecule has 0 aliphatic rings. The molecule has 15 heavy (non-hydrogen) atoms. The van der Waals surface area contributed by atoms with E-state index < -0.39 is 11.7 Å². The molecular formula is C10H10F3NS. The molecule has 1 aromatic rings. The number of thiocarbonyl (C=S) groups is 1. The van der Waals surface area contributed by atoms with Crippen LogP contribution in [0.25, 0.3) is 0 Å². The molecule has 0 saturated carbocycles. The first kappa shape index (κ1) is 12.0. The summed E-state index contributed by atoms with van der Waals surface area (Å²) in [5, 5.41) is 2.58. The first-order chi connectivity index (χ1) is 6.95. The molecule has 0 aliphatic heterocycles. The van der Waals surface area contributed by atoms with Crippen molar-refractivity contribution in [2.75, 3.05) is 5.32 Å². The van der Waals surface area contributed by atoms with Crippen molar-refractivity contribution in [3.63, 3.8) is 0 Å². The maximum Gasteiger partial charge on any atom is 0.418 e. The fraction of sp³-hybridized carbons (Fsp3) is 0.300. The van der Waals surface area contributed by atoms with Gasteiger partial charge in [-0.3, -0.25) is 0 Å². The van der Waals surface area contributed by atoms with E-state index in [9.17, 15) is 13.2 Å². The van der Waals surface area contributed by atoms with Gasteiger partial charge in [0.05, 0.1) is 16.2 Å². The summed E-state index contributed by atoms with van der Waals surface area (Å²) < 4.78 is 37.6. The van der Waals surface area contributed by atoms with Crippen molar-refractivity contribution >= 4 is 22.9 Å². The molecule has 0 radical (unpaired) electrons. The monoisotopic (exact) mass is 233 g/mol. The highest BCUT2D eigenvalue weighted by atomic mass is 32.1. The highest BCUT2D eigenvalue weighted by Crippen LogP contribution is 2.34. The number of alkyl halides is 3. The predicted molar refractivity (Wildman–Crippen MR) is 58.0 cm³/mol. The minimum absolute atomic E-state index is 0.0110. The van der Waals surface area contributed by atoms with E-state index in [-0.39, 0.29) is 5.69 Å². The second-order valence-corrected chi connectivity index (χ2v) is 3.44. The third-order valence-corrected chi connectivity index (χ3v) is 2.22. The van der Waals surface area contributed by atoms with Crippen molar-refractivity contribution in [2.45, 2.75) is 19.5 Å². The van der Waals surface area contributed by atoms with Crippen LogP contribution in [-0.4, -0.2) is 4.99 Å². The average Bonchev–Trinajstić information content (AvgIpc) is 2.17. The van der Waals surface area contributed by atoms with E-state index in [4.69, 9.17) is 12.2 Å². The number of rotatable bonds is 2. The highest BCUT2D eigenvalue weighted by Gasteiger charge is 2.33. The number of hydrogen-bond acceptors (Lipinski definition) is 1. The van der Waals surface area contributed by atoms with E-state index >= 15 is 0 Å². The lowest BCUT2D eigenvalue weighted by Gasteiger charge is -2.13. The Bertz CT molecular complexity index is 360. The zero-order valence-corrected chi connectivity index (χ0v) is 8.88. The lowest BCUT2D eigenvalue weighted by Crippen LogP contribution is -2.14. The van der Waals surface area contributed by atoms with Gasteiger partial charge in [-0.15, -0.1) is 0 Å². The van der Waals surface area contributed by atoms with Crippen LogP contribution < -0.4 is 5.32 Å². The van der Waals surface area contributed by atoms with E-state index in [0.717, 1.165) is 6.07 Å². The van der Waals surface area contributed by atoms with E-state index in [1.54, 1.807) is 6.92 Å². The summed E-state index contributed by atoms with van der Waals surface area (Å²) in [6, 6.07) is 5.28. The van der Waals surface area contributed by atoms with Gasteiger partial charge < -0.3 is 5.32 Å². The molecule has 5 heteroatoms. The lowest BCUT2D eigenvalue weighted by molar-refractivity contribution is -0.136. The highest BCUT2D eigenvalue weighted by molar-refractivity contribution is 7.80. The van der Waals surface area contributed by atoms with Crippen molar-refractivity contribution in [3.05, 3.63) is 29.8 Å². The molecule has 0 aromatic heterocycles. The van der Waals surface area contributed by atoms with E-state index in [1.807, 2.05) is 0 Å². The summed E-state index contributed by atoms with van der Waals surface area (Å²) in [5.41, 5.74) is -0.683. The Balaban J connectivity index is 3.02. The number of hydrogen-bond donors (Lipinski definition) is 1. The second kappa shape index (κ2) is 4.61. The van der Waals surface area contributed by atoms with Crippen molar-refractivity contribution in [1.82, 2.24) is 0 Å². The van der Waals surface area contributed by atoms with E-state index in [2.05, 4.69) is 5.32 Å². The molecule has 1 aromatic carbocycles. The first-order valence-corrected chi connectivity index (χ1v) is 4.82. The molecule has 0 bridgehead atoms. The van der Waals surface area contributed by atoms with Crippen LogP contribution in [0, 0.1) is 0 Å². The van der Waals surface area contributed by atoms with Crippen molar-refractivity contribution in [2.24, 2.45) is 0 Å². The summed E-state index contributed by atoms with van der Waals surface area (Å²) in [7, 11) is 0. The minimum atomic E-state index is -4.35. The molecule has 0 aliphatic carbocycles. The van der Waals surface area contributed by atoms with Crippen LogP contribution in [-0.2, 0) is 6.18 Å². The van der Waals surface area contributed by atoms with Gasteiger partial charge in [0.1, 0.15) is 0 Å². The van der Waals surface area contributed by atoms with E-state index in [1.165, 1.54) is 18.2 Å². The van der Waals surface area contributed by atoms with Gasteiger partial charge in [0.25, 0.3) is 0 Å². The zero-order valence-electron chi connectivity index (χ0n) is 8.06. The molecule has 82 valence electrons. The van der Waals surface area contributed by atoms with Crippen LogP contribution in [0.1, 0.15) is 18.9 Å². The molecule has 0 saturated heterocycles. The maximum atomic E-state index is 12.5. The topological polar surface area (TPSA) is 12.0 Å². The zero-order chi connectivity index (χ0) is 11.5. The Morgan fingerprint density at radius 1 is 1.33 bits per heavy atom. The van der Waals surface area contributed by atoms with Gasteiger partial charge in [0.15, 0.2) is 0 Å². The smallest absolute Gasteiger partial charge is 0.350 e. The lowest BCUT2D eigenvalue weighted by atomic mass is 10.1. The Hall–Kier alpha value is -1.10. The van der Waals surface area contributed by atoms with Crippen LogP contribution in [0.3, 0.4) is 0 Å². The molecule has 1 nitrogen and oxygen atoms in total. The van der Waals surface area contributed by atoms with Crippen LogP contribution in [0.2, 0.25) is 0 Å². The predicted octanol–water partition coefficient (Wildman–Crippen LogP) is 3.85. The van der Waals surface area contributed by atoms with Crippen molar-refractivity contribution in [3.8, 4) is 0 Å². The molecule has 0 amide bonds. The van der Waals surface area contributed by atoms with Crippen LogP contribution in [0.4, 0.5) is 18.9 Å². The summed E-state index contributed by atoms with van der Waals surface area (Å²) in [4.78, 5) is 0.395. The number of halogens is 3. The number of nitrogens with one attached hydrogen (secondary N) is 1. The molecule has 1 rings (SSSR count). The summed E-state index contributed by atoms with van der Waals surface area (Å²) in [5.74, 6) is 0. The normalized spacial score (nSPS) is 11.2. The van der Waals surface area contributed by atoms with Crippen molar-refractivity contribution < 1.29 is 13.2 Å². The summed E-state index contributed by atoms with van der Waals surface area (Å²) >= 11 is 4.84. The largest absolute Gasteiger partial charge is 0.418 e. The Labute approximate surface area is 91.3 Å². The standard InChI is InChI=1S/C10H10F3NS/c1-2-9(15)14-8-6-4-3-5-7(8)10(11,12)13/h3-6H,2H2,1H3,(H,14,15). The fourth-order valence-corrected chi connectivity index (χ4v) is 1.19. The molecule has 0 heterocycles. The molecule has 0 fully saturated rings. The molecule has 0 unspecified atom stereocenters. The van der Waals surface area contributed by atoms with Gasteiger partial charge in [-0.2, -0.15) is 13.2 Å². The Kier molecular flexibility index (Phi) is 3.68. The molecular weight excluding hydrogens is 223 g/mol. The van der Waals surface area contributed by atoms with Gasteiger partial charge in [-0.25, -0.2) is 0 Å². The fourth-order valence-electron chi connectivity index (χ4n) is 1.08. The average molecular weight is 233 g/mol. The van der Waals surface area contributed by atoms with Gasteiger partial charge >= 0.3 is 6.18 Å². The molecule has 1 N–H and O–H groups in total. The first-order valence-electron chi connectivity index (χ1n) is 4.41. The maximum absolute atomic E-state index is 12.5. The van der Waals surface area contributed by atoms with Crippen molar-refractivity contribution in [1.29, 1.82) is 0 Å². The Morgan fingerprint density at radius 3 is 2.47 bits per heavy atom. The number of anilines is 1. The van der Waals surface area contributed by atoms with Crippen LogP contribution in [0.5, 0.6) is 0 Å². The number of para-hydroxylation sites is 1. The second-order valence-electron chi connectivity index (χ2n) is 2.95. The molecule has 0 spiro atoms.